The molecule has 0 bridgehead atoms. The van der Waals surface area contributed by atoms with Crippen LogP contribution in [0.1, 0.15) is 10.4 Å². The first-order chi connectivity index (χ1) is 10.0. The lowest BCUT2D eigenvalue weighted by Gasteiger charge is -2.07. The molecular weight excluding hydrogens is 318 g/mol. The van der Waals surface area contributed by atoms with Gasteiger partial charge in [0.15, 0.2) is 0 Å². The monoisotopic (exact) mass is 327 g/mol. The van der Waals surface area contributed by atoms with Gasteiger partial charge >= 0.3 is 5.97 Å². The smallest absolute Gasteiger partial charge is 0.338 e. The molecule has 2 rings (SSSR count). The molecular formula is C12H10ClN3O4S. The van der Waals surface area contributed by atoms with Gasteiger partial charge < -0.3 is 14.6 Å². The summed E-state index contributed by atoms with van der Waals surface area (Å²) in [5.74, 6) is -0.535. The van der Waals surface area contributed by atoms with Crippen LogP contribution in [0.3, 0.4) is 0 Å². The zero-order valence-corrected chi connectivity index (χ0v) is 12.6. The highest BCUT2D eigenvalue weighted by molar-refractivity contribution is 7.99. The number of hydrogen-bond donors (Lipinski definition) is 1. The van der Waals surface area contributed by atoms with Crippen LogP contribution in [0.2, 0.25) is 5.02 Å². The van der Waals surface area contributed by atoms with E-state index >= 15 is 0 Å². The molecule has 2 aromatic heterocycles. The van der Waals surface area contributed by atoms with Gasteiger partial charge in [-0.05, 0) is 17.8 Å². The van der Waals surface area contributed by atoms with Crippen molar-refractivity contribution in [1.82, 2.24) is 15.0 Å². The number of carboxylic acids is 1. The summed E-state index contributed by atoms with van der Waals surface area (Å²) in [7, 11) is 2.92. The third-order valence-corrected chi connectivity index (χ3v) is 3.40. The number of pyridine rings is 1. The number of rotatable bonds is 5. The first-order valence-electron chi connectivity index (χ1n) is 5.57. The summed E-state index contributed by atoms with van der Waals surface area (Å²) in [6, 6.07) is 2.83. The molecule has 0 aliphatic carbocycles. The quantitative estimate of drug-likeness (QED) is 0.836. The number of carbonyl (C=O) groups is 1. The minimum atomic E-state index is -1.14. The highest BCUT2D eigenvalue weighted by Crippen LogP contribution is 2.30. The van der Waals surface area contributed by atoms with Crippen LogP contribution in [-0.4, -0.2) is 40.2 Å². The Morgan fingerprint density at radius 2 is 1.86 bits per heavy atom. The Hall–Kier alpha value is -2.06. The van der Waals surface area contributed by atoms with E-state index in [0.717, 1.165) is 11.8 Å². The van der Waals surface area contributed by atoms with Gasteiger partial charge in [0, 0.05) is 6.20 Å². The van der Waals surface area contributed by atoms with Gasteiger partial charge in [-0.3, -0.25) is 0 Å². The van der Waals surface area contributed by atoms with E-state index in [4.69, 9.17) is 26.2 Å². The molecule has 9 heteroatoms. The predicted octanol–water partition coefficient (Wildman–Crippen LogP) is 2.39. The zero-order valence-electron chi connectivity index (χ0n) is 11.0. The second kappa shape index (κ2) is 6.59. The molecule has 0 aliphatic rings. The minimum absolute atomic E-state index is 0.0297. The molecule has 21 heavy (non-hydrogen) atoms. The topological polar surface area (TPSA) is 94.4 Å². The van der Waals surface area contributed by atoms with Crippen LogP contribution in [-0.2, 0) is 0 Å². The molecule has 110 valence electrons. The van der Waals surface area contributed by atoms with E-state index in [1.807, 2.05) is 0 Å². The van der Waals surface area contributed by atoms with Crippen molar-refractivity contribution in [3.05, 3.63) is 28.9 Å². The van der Waals surface area contributed by atoms with Crippen molar-refractivity contribution >= 4 is 29.3 Å². The largest absolute Gasteiger partial charge is 0.481 e. The zero-order chi connectivity index (χ0) is 15.4. The standard InChI is InChI=1S/C12H10ClN3O4S/c1-19-8-4-9(20-2)16-12(15-8)21-10-7(11(17)18)3-6(13)5-14-10/h3-5H,1-2H3,(H,17,18). The first kappa shape index (κ1) is 15.3. The molecule has 0 amide bonds. The first-order valence-corrected chi connectivity index (χ1v) is 6.76. The molecule has 0 saturated carbocycles. The third-order valence-electron chi connectivity index (χ3n) is 2.31. The van der Waals surface area contributed by atoms with E-state index in [9.17, 15) is 4.79 Å². The van der Waals surface area contributed by atoms with Crippen molar-refractivity contribution in [2.24, 2.45) is 0 Å². The minimum Gasteiger partial charge on any atom is -0.481 e. The van der Waals surface area contributed by atoms with Gasteiger partial charge in [0.2, 0.25) is 16.9 Å². The number of halogens is 1. The number of methoxy groups -OCH3 is 2. The molecule has 0 saturated heterocycles. The van der Waals surface area contributed by atoms with E-state index < -0.39 is 5.97 Å². The lowest BCUT2D eigenvalue weighted by Crippen LogP contribution is -2.02. The van der Waals surface area contributed by atoms with Gasteiger partial charge in [-0.25, -0.2) is 9.78 Å². The Bertz CT molecular complexity index is 661. The van der Waals surface area contributed by atoms with Crippen molar-refractivity contribution in [2.75, 3.05) is 14.2 Å². The normalized spacial score (nSPS) is 10.2. The summed E-state index contributed by atoms with van der Waals surface area (Å²) >= 11 is 6.73. The highest BCUT2D eigenvalue weighted by atomic mass is 35.5. The summed E-state index contributed by atoms with van der Waals surface area (Å²) in [6.45, 7) is 0. The SMILES string of the molecule is COc1cc(OC)nc(Sc2ncc(Cl)cc2C(=O)O)n1. The molecule has 0 spiro atoms. The fourth-order valence-corrected chi connectivity index (χ4v) is 2.35. The number of aromatic nitrogens is 3. The fourth-order valence-electron chi connectivity index (χ4n) is 1.39. The van der Waals surface area contributed by atoms with Crippen molar-refractivity contribution < 1.29 is 19.4 Å². The number of carboxylic acid groups (broad SMARTS) is 1. The van der Waals surface area contributed by atoms with Gasteiger partial charge in [-0.1, -0.05) is 11.6 Å². The molecule has 0 fully saturated rings. The summed E-state index contributed by atoms with van der Waals surface area (Å²) in [5.41, 5.74) is -0.0297. The Morgan fingerprint density at radius 3 is 2.38 bits per heavy atom. The lowest BCUT2D eigenvalue weighted by atomic mass is 10.3. The average molecular weight is 328 g/mol. The van der Waals surface area contributed by atoms with Crippen LogP contribution in [0.15, 0.2) is 28.5 Å². The van der Waals surface area contributed by atoms with Crippen LogP contribution < -0.4 is 9.47 Å². The molecule has 2 aromatic rings. The Kier molecular flexibility index (Phi) is 4.81. The van der Waals surface area contributed by atoms with Gasteiger partial charge in [-0.15, -0.1) is 0 Å². The molecule has 0 unspecified atom stereocenters. The second-order valence-electron chi connectivity index (χ2n) is 3.65. The summed E-state index contributed by atoms with van der Waals surface area (Å²) in [5, 5.41) is 9.88. The van der Waals surface area contributed by atoms with Crippen molar-refractivity contribution in [3.63, 3.8) is 0 Å². The van der Waals surface area contributed by atoms with E-state index in [0.29, 0.717) is 11.8 Å². The van der Waals surface area contributed by atoms with E-state index in [2.05, 4.69) is 15.0 Å². The maximum absolute atomic E-state index is 11.2. The van der Waals surface area contributed by atoms with Crippen LogP contribution in [0.5, 0.6) is 11.8 Å². The molecule has 0 atom stereocenters. The highest BCUT2D eigenvalue weighted by Gasteiger charge is 2.16. The van der Waals surface area contributed by atoms with E-state index in [1.165, 1.54) is 32.5 Å². The third kappa shape index (κ3) is 3.73. The maximum atomic E-state index is 11.2. The summed E-state index contributed by atoms with van der Waals surface area (Å²) in [6.07, 6.45) is 1.35. The van der Waals surface area contributed by atoms with E-state index in [1.54, 1.807) is 0 Å². The van der Waals surface area contributed by atoms with Crippen LogP contribution in [0, 0.1) is 0 Å². The van der Waals surface area contributed by atoms with Gasteiger partial charge in [0.25, 0.3) is 0 Å². The van der Waals surface area contributed by atoms with Crippen molar-refractivity contribution in [2.45, 2.75) is 10.2 Å². The fraction of sp³-hybridized carbons (Fsp3) is 0.167. The molecule has 7 nitrogen and oxygen atoms in total. The maximum Gasteiger partial charge on any atom is 0.338 e. The Morgan fingerprint density at radius 1 is 1.24 bits per heavy atom. The number of nitrogens with zero attached hydrogens (tertiary/aromatic N) is 3. The van der Waals surface area contributed by atoms with Crippen LogP contribution in [0.25, 0.3) is 0 Å². The summed E-state index contributed by atoms with van der Waals surface area (Å²) < 4.78 is 10.1. The lowest BCUT2D eigenvalue weighted by molar-refractivity contribution is 0.0692. The average Bonchev–Trinajstić information content (AvgIpc) is 2.48. The number of aromatic carboxylic acids is 1. The van der Waals surface area contributed by atoms with Crippen molar-refractivity contribution in [3.8, 4) is 11.8 Å². The second-order valence-corrected chi connectivity index (χ2v) is 5.04. The Labute approximate surface area is 129 Å². The molecule has 2 heterocycles. The molecule has 0 aliphatic heterocycles. The molecule has 0 aromatic carbocycles. The number of ether oxygens (including phenoxy) is 2. The number of hydrogen-bond acceptors (Lipinski definition) is 7. The summed E-state index contributed by atoms with van der Waals surface area (Å²) in [4.78, 5) is 23.4. The van der Waals surface area contributed by atoms with Crippen LogP contribution in [0.4, 0.5) is 0 Å². The van der Waals surface area contributed by atoms with Crippen molar-refractivity contribution in [1.29, 1.82) is 0 Å². The predicted molar refractivity (Wildman–Crippen MR) is 75.5 cm³/mol. The van der Waals surface area contributed by atoms with Gasteiger partial charge in [0.05, 0.1) is 30.9 Å². The molecule has 1 N–H and O–H groups in total. The Balaban J connectivity index is 2.40. The molecule has 0 radical (unpaired) electrons. The van der Waals surface area contributed by atoms with Crippen LogP contribution >= 0.6 is 23.4 Å². The van der Waals surface area contributed by atoms with Gasteiger partial charge in [0.1, 0.15) is 5.03 Å². The van der Waals surface area contributed by atoms with Gasteiger partial charge in [-0.2, -0.15) is 9.97 Å². The van der Waals surface area contributed by atoms with E-state index in [-0.39, 0.29) is 20.8 Å².